The van der Waals surface area contributed by atoms with Gasteiger partial charge in [-0.25, -0.2) is 4.99 Å². The van der Waals surface area contributed by atoms with Crippen LogP contribution in [0.5, 0.6) is 5.75 Å². The van der Waals surface area contributed by atoms with E-state index in [1.807, 2.05) is 43.1 Å². The summed E-state index contributed by atoms with van der Waals surface area (Å²) in [7, 11) is 7.20. The number of nitro groups is 1. The number of benzene rings is 2. The Morgan fingerprint density at radius 3 is 2.63 bits per heavy atom. The van der Waals surface area contributed by atoms with E-state index >= 15 is 0 Å². The predicted octanol–water partition coefficient (Wildman–Crippen LogP) is 4.37. The number of methoxy groups -OCH3 is 1. The molecule has 41 heavy (non-hydrogen) atoms. The van der Waals surface area contributed by atoms with Crippen LogP contribution in [0.2, 0.25) is 0 Å². The maximum absolute atomic E-state index is 12.1. The predicted molar refractivity (Wildman–Crippen MR) is 160 cm³/mol. The van der Waals surface area contributed by atoms with Gasteiger partial charge in [-0.3, -0.25) is 10.1 Å². The van der Waals surface area contributed by atoms with E-state index in [-0.39, 0.29) is 16.9 Å². The van der Waals surface area contributed by atoms with E-state index in [1.54, 1.807) is 12.3 Å². The van der Waals surface area contributed by atoms with Gasteiger partial charge in [0.2, 0.25) is 0 Å². The van der Waals surface area contributed by atoms with Gasteiger partial charge >= 0.3 is 0 Å². The largest absolute Gasteiger partial charge is 0.495 e. The summed E-state index contributed by atoms with van der Waals surface area (Å²) in [6, 6.07) is 13.6. The van der Waals surface area contributed by atoms with Gasteiger partial charge in [0, 0.05) is 72.4 Å². The quantitative estimate of drug-likeness (QED) is 0.280. The molecule has 2 heterocycles. The number of allylic oxidation sites excluding steroid dienone is 1. The highest BCUT2D eigenvalue weighted by Gasteiger charge is 2.58. The van der Waals surface area contributed by atoms with Crippen molar-refractivity contribution in [1.29, 1.82) is 5.26 Å². The number of aliphatic imine (C=N–C) groups is 1. The third-order valence-electron chi connectivity index (χ3n) is 8.61. The molecule has 11 heteroatoms. The fourth-order valence-electron chi connectivity index (χ4n) is 6.25. The Morgan fingerprint density at radius 1 is 1.24 bits per heavy atom. The zero-order valence-corrected chi connectivity index (χ0v) is 23.7. The molecule has 3 saturated carbocycles. The first kappa shape index (κ1) is 26.7. The lowest BCUT2D eigenvalue weighted by molar-refractivity contribution is -0.384. The lowest BCUT2D eigenvalue weighted by atomic mass is 9.49. The van der Waals surface area contributed by atoms with Crippen LogP contribution in [0, 0.1) is 27.4 Å². The van der Waals surface area contributed by atoms with Crippen LogP contribution >= 0.6 is 0 Å². The number of hydrogen-bond donors (Lipinski definition) is 2. The number of ether oxygens (including phenoxy) is 1. The highest BCUT2D eigenvalue weighted by Crippen LogP contribution is 2.63. The first-order valence-corrected chi connectivity index (χ1v) is 13.7. The molecule has 11 nitrogen and oxygen atoms in total. The molecule has 1 aliphatic heterocycles. The molecule has 0 radical (unpaired) electrons. The Morgan fingerprint density at radius 2 is 2.00 bits per heavy atom. The van der Waals surface area contributed by atoms with Crippen LogP contribution in [0.25, 0.3) is 16.6 Å². The van der Waals surface area contributed by atoms with Crippen LogP contribution in [-0.2, 0) is 5.54 Å². The summed E-state index contributed by atoms with van der Waals surface area (Å²) in [5.74, 6) is -0.402. The maximum Gasteiger partial charge on any atom is 0.297 e. The van der Waals surface area contributed by atoms with Crippen LogP contribution < -0.4 is 20.3 Å². The first-order chi connectivity index (χ1) is 19.7. The normalized spacial score (nSPS) is 24.1. The van der Waals surface area contributed by atoms with Crippen molar-refractivity contribution in [2.75, 3.05) is 51.6 Å². The molecule has 2 bridgehead atoms. The van der Waals surface area contributed by atoms with Gasteiger partial charge in [-0.1, -0.05) is 18.2 Å². The smallest absolute Gasteiger partial charge is 0.297 e. The Kier molecular flexibility index (Phi) is 6.38. The Bertz CT molecular complexity index is 1620. The van der Waals surface area contributed by atoms with E-state index in [0.717, 1.165) is 29.1 Å². The highest BCUT2D eigenvalue weighted by molar-refractivity contribution is 5.98. The summed E-state index contributed by atoms with van der Waals surface area (Å²) in [5, 5.41) is 30.0. The molecule has 1 aromatic heterocycles. The Balaban J connectivity index is 1.33. The second-order valence-corrected chi connectivity index (χ2v) is 11.6. The number of hydrogen-bond acceptors (Lipinski definition) is 9. The molecule has 1 unspecified atom stereocenters. The van der Waals surface area contributed by atoms with E-state index < -0.39 is 10.7 Å². The molecule has 4 aliphatic rings. The standard InChI is InChI=1S/C30H34N8O3/c1-35(2)11-12-36(3)26-14-28(41-4)24(13-27(26)38(39)40)34-30(19-31)32-10-9-23(33-30)22-18-37(29-15-20(16-29)17-29)25-8-6-5-7-21(22)25/h5-10,13-14,18,20,33-34H,11-12,15-17H2,1-4H3. The average molecular weight is 555 g/mol. The summed E-state index contributed by atoms with van der Waals surface area (Å²) in [4.78, 5) is 20.0. The molecule has 212 valence electrons. The number of para-hydroxylation sites is 1. The van der Waals surface area contributed by atoms with Crippen LogP contribution in [0.15, 0.2) is 53.7 Å². The fourth-order valence-corrected chi connectivity index (χ4v) is 6.25. The van der Waals surface area contributed by atoms with Gasteiger partial charge in [-0.15, -0.1) is 0 Å². The molecule has 2 aromatic carbocycles. The molecule has 1 atom stereocenters. The summed E-state index contributed by atoms with van der Waals surface area (Å²) in [6.45, 7) is 1.31. The van der Waals surface area contributed by atoms with E-state index in [0.29, 0.717) is 18.0 Å². The van der Waals surface area contributed by atoms with E-state index in [4.69, 9.17) is 4.74 Å². The van der Waals surface area contributed by atoms with Crippen LogP contribution in [0.3, 0.4) is 0 Å². The van der Waals surface area contributed by atoms with E-state index in [9.17, 15) is 15.4 Å². The number of fused-ring (bicyclic) bond motifs is 1. The summed E-state index contributed by atoms with van der Waals surface area (Å²) in [6.07, 6.45) is 9.27. The molecule has 0 saturated heterocycles. The SMILES string of the molecule is COc1cc(N(C)CCN(C)C)c([N+](=O)[O-])cc1NC1(C#N)N=CC=C(c2cn(C34CC(C3)C4)c3ccccc23)N1. The van der Waals surface area contributed by atoms with Crippen LogP contribution in [0.1, 0.15) is 24.8 Å². The van der Waals surface area contributed by atoms with Crippen molar-refractivity contribution in [2.24, 2.45) is 10.9 Å². The van der Waals surface area contributed by atoms with Crippen molar-refractivity contribution in [3.05, 3.63) is 64.3 Å². The molecule has 0 amide bonds. The van der Waals surface area contributed by atoms with Crippen molar-refractivity contribution in [3.63, 3.8) is 0 Å². The number of anilines is 2. The molecule has 7 rings (SSSR count). The van der Waals surface area contributed by atoms with Gasteiger partial charge in [0.1, 0.15) is 17.5 Å². The van der Waals surface area contributed by atoms with Gasteiger partial charge in [-0.2, -0.15) is 5.26 Å². The summed E-state index contributed by atoms with van der Waals surface area (Å²) in [5.41, 5.74) is 3.70. The van der Waals surface area contributed by atoms with Gasteiger partial charge < -0.3 is 29.7 Å². The Hall–Kier alpha value is -4.56. The Labute approximate surface area is 238 Å². The molecule has 3 fully saturated rings. The monoisotopic (exact) mass is 554 g/mol. The first-order valence-electron chi connectivity index (χ1n) is 13.7. The molecular weight excluding hydrogens is 520 g/mol. The van der Waals surface area contributed by atoms with Gasteiger partial charge in [0.15, 0.2) is 0 Å². The molecule has 3 aliphatic carbocycles. The summed E-state index contributed by atoms with van der Waals surface area (Å²) < 4.78 is 8.04. The lowest BCUT2D eigenvalue weighted by Gasteiger charge is -2.62. The van der Waals surface area contributed by atoms with Crippen molar-refractivity contribution in [1.82, 2.24) is 14.8 Å². The third kappa shape index (κ3) is 4.44. The minimum atomic E-state index is -1.61. The maximum atomic E-state index is 12.1. The second kappa shape index (κ2) is 9.82. The molecule has 3 aromatic rings. The van der Waals surface area contributed by atoms with Crippen LogP contribution in [0.4, 0.5) is 17.1 Å². The van der Waals surface area contributed by atoms with Crippen molar-refractivity contribution < 1.29 is 9.66 Å². The number of likely N-dealkylation sites (N-methyl/N-ethyl adjacent to an activating group) is 2. The average Bonchev–Trinajstić information content (AvgIpc) is 3.29. The molecule has 2 N–H and O–H groups in total. The van der Waals surface area contributed by atoms with Crippen LogP contribution in [-0.4, -0.2) is 67.7 Å². The number of nitriles is 1. The number of nitro benzene ring substituents is 1. The number of nitrogens with zero attached hydrogens (tertiary/aromatic N) is 6. The molecule has 0 spiro atoms. The van der Waals surface area contributed by atoms with Gasteiger partial charge in [0.05, 0.1) is 17.7 Å². The third-order valence-corrected chi connectivity index (χ3v) is 8.61. The second-order valence-electron chi connectivity index (χ2n) is 11.6. The minimum absolute atomic E-state index is 0.0974. The highest BCUT2D eigenvalue weighted by atomic mass is 16.6. The minimum Gasteiger partial charge on any atom is -0.495 e. The summed E-state index contributed by atoms with van der Waals surface area (Å²) >= 11 is 0. The van der Waals surface area contributed by atoms with E-state index in [1.165, 1.54) is 38.0 Å². The number of nitrogens with one attached hydrogen (secondary N) is 2. The van der Waals surface area contributed by atoms with Crippen molar-refractivity contribution >= 4 is 39.9 Å². The molecular formula is C30H34N8O3. The number of rotatable bonds is 10. The van der Waals surface area contributed by atoms with Crippen molar-refractivity contribution in [2.45, 2.75) is 30.6 Å². The van der Waals surface area contributed by atoms with Gasteiger partial charge in [0.25, 0.3) is 11.5 Å². The van der Waals surface area contributed by atoms with Crippen molar-refractivity contribution in [3.8, 4) is 11.8 Å². The fraction of sp³-hybridized carbons (Fsp3) is 0.400. The lowest BCUT2D eigenvalue weighted by Crippen LogP contribution is -2.59. The van der Waals surface area contributed by atoms with E-state index in [2.05, 4.69) is 50.7 Å². The topological polar surface area (TPSA) is 124 Å². The zero-order chi connectivity index (χ0) is 28.9. The van der Waals surface area contributed by atoms with Gasteiger partial charge in [-0.05, 0) is 51.4 Å². The zero-order valence-electron chi connectivity index (χ0n) is 23.7. The number of aromatic nitrogens is 1.